The number of anilines is 2. The molecular weight excluding hydrogens is 310 g/mol. The summed E-state index contributed by atoms with van der Waals surface area (Å²) in [6.07, 6.45) is 0.379. The van der Waals surface area contributed by atoms with Crippen molar-refractivity contribution >= 4 is 45.8 Å². The number of rotatable bonds is 3. The molecule has 110 valence electrons. The number of hydrogen-bond donors (Lipinski definition) is 1. The van der Waals surface area contributed by atoms with Crippen LogP contribution in [-0.4, -0.2) is 23.3 Å². The summed E-state index contributed by atoms with van der Waals surface area (Å²) in [5.41, 5.74) is 6.86. The van der Waals surface area contributed by atoms with Crippen LogP contribution in [-0.2, 0) is 9.59 Å². The molecule has 0 saturated carbocycles. The van der Waals surface area contributed by atoms with Crippen LogP contribution in [0.2, 0.25) is 5.02 Å². The van der Waals surface area contributed by atoms with Gasteiger partial charge in [-0.2, -0.15) is 5.26 Å². The number of carbonyl (C=O) groups is 2. The minimum atomic E-state index is -0.0536. The molecule has 7 heteroatoms. The topological polar surface area (TPSA) is 87.2 Å². The molecule has 2 rings (SSSR count). The molecular formula is C14H14ClN3O2S. The monoisotopic (exact) mass is 323 g/mol. The molecule has 1 aromatic carbocycles. The molecule has 5 nitrogen and oxygen atoms in total. The molecule has 0 aliphatic carbocycles. The number of halogens is 1. The Kier molecular flexibility index (Phi) is 4.76. The van der Waals surface area contributed by atoms with Gasteiger partial charge in [-0.05, 0) is 18.1 Å². The highest BCUT2D eigenvalue weighted by Crippen LogP contribution is 2.35. The van der Waals surface area contributed by atoms with Gasteiger partial charge in [0.05, 0.1) is 22.0 Å². The summed E-state index contributed by atoms with van der Waals surface area (Å²) in [5, 5.41) is 9.38. The molecule has 1 heterocycles. The third kappa shape index (κ3) is 3.31. The van der Waals surface area contributed by atoms with E-state index in [2.05, 4.69) is 0 Å². The van der Waals surface area contributed by atoms with Gasteiger partial charge in [0.15, 0.2) is 5.12 Å². The highest BCUT2D eigenvalue weighted by atomic mass is 35.5. The molecule has 1 unspecified atom stereocenters. The zero-order chi connectivity index (χ0) is 15.6. The van der Waals surface area contributed by atoms with Crippen LogP contribution in [0.1, 0.15) is 18.9 Å². The van der Waals surface area contributed by atoms with Gasteiger partial charge in [0.25, 0.3) is 0 Å². The first-order valence-electron chi connectivity index (χ1n) is 6.35. The number of nitrogen functional groups attached to an aromatic ring is 1. The van der Waals surface area contributed by atoms with Crippen LogP contribution in [0, 0.1) is 17.2 Å². The van der Waals surface area contributed by atoms with Crippen molar-refractivity contribution in [3.05, 3.63) is 22.7 Å². The van der Waals surface area contributed by atoms with Gasteiger partial charge < -0.3 is 10.6 Å². The molecule has 21 heavy (non-hydrogen) atoms. The Morgan fingerprint density at radius 3 is 2.95 bits per heavy atom. The van der Waals surface area contributed by atoms with Crippen LogP contribution in [0.3, 0.4) is 0 Å². The second kappa shape index (κ2) is 6.37. The van der Waals surface area contributed by atoms with Crippen LogP contribution in [0.25, 0.3) is 0 Å². The molecule has 1 atom stereocenters. The highest BCUT2D eigenvalue weighted by Gasteiger charge is 2.32. The number of nitrogens with zero attached hydrogens (tertiary/aromatic N) is 2. The second-order valence-electron chi connectivity index (χ2n) is 4.84. The number of hydrogen-bond acceptors (Lipinski definition) is 5. The molecule has 0 aromatic heterocycles. The number of nitriles is 1. The van der Waals surface area contributed by atoms with Gasteiger partial charge in [0.2, 0.25) is 5.91 Å². The number of carbonyl (C=O) groups excluding carboxylic acids is 2. The number of amides is 1. The van der Waals surface area contributed by atoms with E-state index >= 15 is 0 Å². The predicted octanol–water partition coefficient (Wildman–Crippen LogP) is 2.43. The standard InChI is InChI=1S/C14H14ClN3O2S/c1-8(19)21-7-9-4-13(20)18(6-9)12-3-2-11(15)10(5-16)14(12)17/h2-3,9H,4,6-7,17H2,1H3. The maximum absolute atomic E-state index is 12.1. The Labute approximate surface area is 132 Å². The Hall–Kier alpha value is -1.71. The predicted molar refractivity (Wildman–Crippen MR) is 84.2 cm³/mol. The number of benzene rings is 1. The van der Waals surface area contributed by atoms with Crippen LogP contribution in [0.5, 0.6) is 0 Å². The summed E-state index contributed by atoms with van der Waals surface area (Å²) in [4.78, 5) is 24.7. The second-order valence-corrected chi connectivity index (χ2v) is 6.45. The molecule has 1 amide bonds. The van der Waals surface area contributed by atoms with E-state index in [4.69, 9.17) is 22.6 Å². The maximum atomic E-state index is 12.1. The quantitative estimate of drug-likeness (QED) is 0.863. The molecule has 0 bridgehead atoms. The van der Waals surface area contributed by atoms with E-state index in [1.165, 1.54) is 18.7 Å². The summed E-state index contributed by atoms with van der Waals surface area (Å²) in [5.74, 6) is 0.657. The smallest absolute Gasteiger partial charge is 0.227 e. The molecule has 1 saturated heterocycles. The van der Waals surface area contributed by atoms with E-state index < -0.39 is 0 Å². The normalized spacial score (nSPS) is 17.9. The first-order valence-corrected chi connectivity index (χ1v) is 7.72. The minimum absolute atomic E-state index is 0.0404. The fourth-order valence-electron chi connectivity index (χ4n) is 2.29. The van der Waals surface area contributed by atoms with Crippen molar-refractivity contribution in [1.82, 2.24) is 0 Å². The van der Waals surface area contributed by atoms with E-state index in [0.717, 1.165) is 0 Å². The van der Waals surface area contributed by atoms with Crippen LogP contribution in [0.4, 0.5) is 11.4 Å². The van der Waals surface area contributed by atoms with E-state index in [1.54, 1.807) is 17.0 Å². The molecule has 1 aliphatic rings. The lowest BCUT2D eigenvalue weighted by Crippen LogP contribution is -2.26. The van der Waals surface area contributed by atoms with E-state index in [-0.39, 0.29) is 33.2 Å². The van der Waals surface area contributed by atoms with Crippen molar-refractivity contribution in [3.8, 4) is 6.07 Å². The van der Waals surface area contributed by atoms with E-state index in [1.807, 2.05) is 6.07 Å². The van der Waals surface area contributed by atoms with Crippen molar-refractivity contribution in [3.63, 3.8) is 0 Å². The Bertz CT molecular complexity index is 642. The Morgan fingerprint density at radius 1 is 1.62 bits per heavy atom. The van der Waals surface area contributed by atoms with Crippen LogP contribution < -0.4 is 10.6 Å². The van der Waals surface area contributed by atoms with Crippen molar-refractivity contribution < 1.29 is 9.59 Å². The number of thioether (sulfide) groups is 1. The third-order valence-corrected chi connectivity index (χ3v) is 4.66. The van der Waals surface area contributed by atoms with Gasteiger partial charge in [0, 0.05) is 25.6 Å². The maximum Gasteiger partial charge on any atom is 0.227 e. The average Bonchev–Trinajstić information content (AvgIpc) is 2.78. The van der Waals surface area contributed by atoms with Gasteiger partial charge in [-0.15, -0.1) is 0 Å². The summed E-state index contributed by atoms with van der Waals surface area (Å²) >= 11 is 7.13. The Morgan fingerprint density at radius 2 is 2.33 bits per heavy atom. The largest absolute Gasteiger partial charge is 0.396 e. The fraction of sp³-hybridized carbons (Fsp3) is 0.357. The molecule has 2 N–H and O–H groups in total. The fourth-order valence-corrected chi connectivity index (χ4v) is 3.19. The van der Waals surface area contributed by atoms with Gasteiger partial charge in [-0.3, -0.25) is 9.59 Å². The minimum Gasteiger partial charge on any atom is -0.396 e. The Balaban J connectivity index is 2.22. The van der Waals surface area contributed by atoms with E-state index in [9.17, 15) is 9.59 Å². The van der Waals surface area contributed by atoms with Crippen LogP contribution >= 0.6 is 23.4 Å². The summed E-state index contributed by atoms with van der Waals surface area (Å²) in [6.45, 7) is 2.01. The average molecular weight is 324 g/mol. The first-order chi connectivity index (χ1) is 9.93. The SMILES string of the molecule is CC(=O)SCC1CC(=O)N(c2ccc(Cl)c(C#N)c2N)C1. The van der Waals surface area contributed by atoms with Gasteiger partial charge in [-0.25, -0.2) is 0 Å². The first kappa shape index (κ1) is 15.7. The van der Waals surface area contributed by atoms with Crippen LogP contribution in [0.15, 0.2) is 12.1 Å². The highest BCUT2D eigenvalue weighted by molar-refractivity contribution is 8.13. The zero-order valence-corrected chi connectivity index (χ0v) is 13.0. The van der Waals surface area contributed by atoms with Crippen molar-refractivity contribution in [2.24, 2.45) is 5.92 Å². The molecule has 0 radical (unpaired) electrons. The van der Waals surface area contributed by atoms with Crippen molar-refractivity contribution in [2.75, 3.05) is 22.9 Å². The molecule has 0 spiro atoms. The lowest BCUT2D eigenvalue weighted by molar-refractivity contribution is -0.117. The lowest BCUT2D eigenvalue weighted by Gasteiger charge is -2.19. The summed E-state index contributed by atoms with van der Waals surface area (Å²) in [6, 6.07) is 5.17. The van der Waals surface area contributed by atoms with E-state index in [0.29, 0.717) is 24.4 Å². The number of nitrogens with two attached hydrogens (primary N) is 1. The third-order valence-electron chi connectivity index (χ3n) is 3.30. The zero-order valence-electron chi connectivity index (χ0n) is 11.4. The van der Waals surface area contributed by atoms with Crippen molar-refractivity contribution in [2.45, 2.75) is 13.3 Å². The lowest BCUT2D eigenvalue weighted by atomic mass is 10.1. The van der Waals surface area contributed by atoms with Gasteiger partial charge >= 0.3 is 0 Å². The molecule has 1 aliphatic heterocycles. The molecule has 1 aromatic rings. The summed E-state index contributed by atoms with van der Waals surface area (Å²) in [7, 11) is 0. The summed E-state index contributed by atoms with van der Waals surface area (Å²) < 4.78 is 0. The van der Waals surface area contributed by atoms with Gasteiger partial charge in [-0.1, -0.05) is 23.4 Å². The van der Waals surface area contributed by atoms with Crippen molar-refractivity contribution in [1.29, 1.82) is 5.26 Å². The van der Waals surface area contributed by atoms with Gasteiger partial charge in [0.1, 0.15) is 6.07 Å². The molecule has 1 fully saturated rings.